The van der Waals surface area contributed by atoms with Gasteiger partial charge in [-0.25, -0.2) is 4.79 Å². The van der Waals surface area contributed by atoms with Crippen LogP contribution in [0, 0.1) is 11.8 Å². The standard InChI is InChI=1S/C27H30N2O5/c30-25(28-23-11-5-10-21(23)26(31)32)24(14-16-12-13-16)29-27(33)34-15-22-19-8-3-1-6-17(19)18-7-2-4-9-20(18)22/h1-4,6-9,16,21-24H,5,10-15H2,(H,28,30)(H,29,33)(H,31,32). The Hall–Kier alpha value is -3.35. The Morgan fingerprint density at radius 2 is 1.59 bits per heavy atom. The van der Waals surface area contributed by atoms with Crippen LogP contribution in [0.2, 0.25) is 0 Å². The summed E-state index contributed by atoms with van der Waals surface area (Å²) >= 11 is 0. The molecule has 3 unspecified atom stereocenters. The zero-order chi connectivity index (χ0) is 23.7. The lowest BCUT2D eigenvalue weighted by Crippen LogP contribution is -2.51. The fourth-order valence-electron chi connectivity index (χ4n) is 5.41. The summed E-state index contributed by atoms with van der Waals surface area (Å²) in [6.45, 7) is 0.182. The number of carboxylic acid groups (broad SMARTS) is 1. The van der Waals surface area contributed by atoms with Crippen molar-refractivity contribution in [2.75, 3.05) is 6.61 Å². The number of amides is 2. The van der Waals surface area contributed by atoms with Crippen molar-refractivity contribution in [2.45, 2.75) is 56.5 Å². The molecule has 2 aromatic carbocycles. The monoisotopic (exact) mass is 462 g/mol. The minimum atomic E-state index is -0.883. The molecule has 0 saturated heterocycles. The van der Waals surface area contributed by atoms with Crippen LogP contribution in [0.5, 0.6) is 0 Å². The van der Waals surface area contributed by atoms with E-state index in [2.05, 4.69) is 34.9 Å². The van der Waals surface area contributed by atoms with Gasteiger partial charge in [0.1, 0.15) is 12.6 Å². The van der Waals surface area contributed by atoms with Crippen molar-refractivity contribution in [3.8, 4) is 11.1 Å². The lowest BCUT2D eigenvalue weighted by molar-refractivity contribution is -0.142. The molecule has 3 N–H and O–H groups in total. The van der Waals surface area contributed by atoms with Crippen molar-refractivity contribution in [1.29, 1.82) is 0 Å². The number of ether oxygens (including phenoxy) is 1. The number of fused-ring (bicyclic) bond motifs is 3. The molecule has 0 heterocycles. The molecule has 2 fully saturated rings. The lowest BCUT2D eigenvalue weighted by Gasteiger charge is -2.23. The summed E-state index contributed by atoms with van der Waals surface area (Å²) in [6.07, 6.45) is 3.98. The average Bonchev–Trinajstić information content (AvgIpc) is 3.43. The Labute approximate surface area is 198 Å². The van der Waals surface area contributed by atoms with Gasteiger partial charge in [0.25, 0.3) is 0 Å². The van der Waals surface area contributed by atoms with Gasteiger partial charge in [0.15, 0.2) is 0 Å². The van der Waals surface area contributed by atoms with Gasteiger partial charge in [0, 0.05) is 12.0 Å². The molecule has 3 aliphatic rings. The number of carbonyl (C=O) groups excluding carboxylic acids is 2. The van der Waals surface area contributed by atoms with Crippen LogP contribution in [0.25, 0.3) is 11.1 Å². The van der Waals surface area contributed by atoms with Gasteiger partial charge in [-0.15, -0.1) is 0 Å². The molecule has 0 spiro atoms. The lowest BCUT2D eigenvalue weighted by atomic mass is 9.98. The maximum atomic E-state index is 13.0. The minimum Gasteiger partial charge on any atom is -0.481 e. The molecule has 7 nitrogen and oxygen atoms in total. The first-order valence-corrected chi connectivity index (χ1v) is 12.2. The molecule has 2 aromatic rings. The zero-order valence-corrected chi connectivity index (χ0v) is 19.0. The van der Waals surface area contributed by atoms with Crippen molar-refractivity contribution >= 4 is 18.0 Å². The Kier molecular flexibility index (Phi) is 6.26. The van der Waals surface area contributed by atoms with Gasteiger partial charge >= 0.3 is 12.1 Å². The van der Waals surface area contributed by atoms with Crippen LogP contribution in [0.1, 0.15) is 55.6 Å². The maximum Gasteiger partial charge on any atom is 0.407 e. The molecule has 2 amide bonds. The molecule has 178 valence electrons. The average molecular weight is 463 g/mol. The highest BCUT2D eigenvalue weighted by Crippen LogP contribution is 2.44. The molecule has 0 radical (unpaired) electrons. The van der Waals surface area contributed by atoms with Crippen LogP contribution in [-0.2, 0) is 14.3 Å². The summed E-state index contributed by atoms with van der Waals surface area (Å²) in [7, 11) is 0. The highest BCUT2D eigenvalue weighted by molar-refractivity contribution is 5.86. The number of alkyl carbamates (subject to hydrolysis) is 1. The number of nitrogens with one attached hydrogen (secondary N) is 2. The predicted molar refractivity (Wildman–Crippen MR) is 126 cm³/mol. The first-order valence-electron chi connectivity index (χ1n) is 12.2. The molecular formula is C27H30N2O5. The molecule has 0 bridgehead atoms. The summed E-state index contributed by atoms with van der Waals surface area (Å²) in [4.78, 5) is 37.2. The van der Waals surface area contributed by atoms with Crippen LogP contribution in [0.4, 0.5) is 4.79 Å². The topological polar surface area (TPSA) is 105 Å². The number of hydrogen-bond acceptors (Lipinski definition) is 4. The number of hydrogen-bond donors (Lipinski definition) is 3. The van der Waals surface area contributed by atoms with Crippen molar-refractivity contribution in [2.24, 2.45) is 11.8 Å². The van der Waals surface area contributed by atoms with Gasteiger partial charge in [-0.3, -0.25) is 9.59 Å². The smallest absolute Gasteiger partial charge is 0.407 e. The van der Waals surface area contributed by atoms with Crippen molar-refractivity contribution in [1.82, 2.24) is 10.6 Å². The second-order valence-corrected chi connectivity index (χ2v) is 9.69. The molecule has 3 atom stereocenters. The fourth-order valence-corrected chi connectivity index (χ4v) is 5.41. The predicted octanol–water partition coefficient (Wildman–Crippen LogP) is 4.06. The van der Waals surface area contributed by atoms with Crippen LogP contribution in [-0.4, -0.2) is 41.8 Å². The number of aliphatic carboxylic acids is 1. The second-order valence-electron chi connectivity index (χ2n) is 9.69. The molecule has 0 aliphatic heterocycles. The van der Waals surface area contributed by atoms with Crippen LogP contribution in [0.3, 0.4) is 0 Å². The van der Waals surface area contributed by atoms with Crippen molar-refractivity contribution < 1.29 is 24.2 Å². The highest BCUT2D eigenvalue weighted by Gasteiger charge is 2.37. The minimum absolute atomic E-state index is 0.0522. The quantitative estimate of drug-likeness (QED) is 0.549. The fraction of sp³-hybridized carbons (Fsp3) is 0.444. The van der Waals surface area contributed by atoms with Gasteiger partial charge in [-0.2, -0.15) is 0 Å². The molecule has 34 heavy (non-hydrogen) atoms. The van der Waals surface area contributed by atoms with Crippen molar-refractivity contribution in [3.05, 3.63) is 59.7 Å². The van der Waals surface area contributed by atoms with Gasteiger partial charge in [-0.05, 0) is 47.4 Å². The normalized spacial score (nSPS) is 21.9. The third-order valence-electron chi connectivity index (χ3n) is 7.38. The van der Waals surface area contributed by atoms with E-state index in [1.54, 1.807) is 0 Å². The molecule has 0 aromatic heterocycles. The SMILES string of the molecule is O=C(NC(CC1CC1)C(=O)NC1CCCC1C(=O)O)OCC1c2ccccc2-c2ccccc21. The summed E-state index contributed by atoms with van der Waals surface area (Å²) < 4.78 is 5.63. The number of carbonyl (C=O) groups is 3. The first kappa shape index (κ1) is 22.4. The van der Waals surface area contributed by atoms with Gasteiger partial charge in [0.05, 0.1) is 5.92 Å². The summed E-state index contributed by atoms with van der Waals surface area (Å²) in [5, 5.41) is 15.0. The number of rotatable bonds is 8. The van der Waals surface area contributed by atoms with E-state index in [0.29, 0.717) is 25.2 Å². The van der Waals surface area contributed by atoms with Crippen LogP contribution in [0.15, 0.2) is 48.5 Å². The van der Waals surface area contributed by atoms with Gasteiger partial charge in [-0.1, -0.05) is 67.8 Å². The Bertz CT molecular complexity index is 1050. The first-order chi connectivity index (χ1) is 16.5. The van der Waals surface area contributed by atoms with E-state index < -0.39 is 30.1 Å². The summed E-state index contributed by atoms with van der Waals surface area (Å²) in [6, 6.07) is 15.2. The maximum absolute atomic E-state index is 13.0. The second kappa shape index (κ2) is 9.49. The molecule has 3 aliphatic carbocycles. The van der Waals surface area contributed by atoms with E-state index in [9.17, 15) is 19.5 Å². The highest BCUT2D eigenvalue weighted by atomic mass is 16.5. The Balaban J connectivity index is 1.22. The van der Waals surface area contributed by atoms with E-state index in [0.717, 1.165) is 41.5 Å². The third-order valence-corrected chi connectivity index (χ3v) is 7.38. The number of carboxylic acids is 1. The Morgan fingerprint density at radius 3 is 2.21 bits per heavy atom. The molecule has 7 heteroatoms. The van der Waals surface area contributed by atoms with E-state index in [1.165, 1.54) is 0 Å². The third kappa shape index (κ3) is 4.65. The van der Waals surface area contributed by atoms with E-state index >= 15 is 0 Å². The zero-order valence-electron chi connectivity index (χ0n) is 19.0. The molecular weight excluding hydrogens is 432 g/mol. The van der Waals surface area contributed by atoms with Gasteiger partial charge in [0.2, 0.25) is 5.91 Å². The van der Waals surface area contributed by atoms with E-state index in [4.69, 9.17) is 4.74 Å². The van der Waals surface area contributed by atoms with E-state index in [-0.39, 0.29) is 18.4 Å². The van der Waals surface area contributed by atoms with Crippen molar-refractivity contribution in [3.63, 3.8) is 0 Å². The van der Waals surface area contributed by atoms with Crippen LogP contribution >= 0.6 is 0 Å². The summed E-state index contributed by atoms with van der Waals surface area (Å²) in [5.41, 5.74) is 4.57. The Morgan fingerprint density at radius 1 is 0.941 bits per heavy atom. The number of benzene rings is 2. The largest absolute Gasteiger partial charge is 0.481 e. The van der Waals surface area contributed by atoms with Gasteiger partial charge < -0.3 is 20.5 Å². The molecule has 2 saturated carbocycles. The van der Waals surface area contributed by atoms with E-state index in [1.807, 2.05) is 24.3 Å². The molecule has 5 rings (SSSR count). The summed E-state index contributed by atoms with van der Waals surface area (Å²) in [5.74, 6) is -1.42. The van der Waals surface area contributed by atoms with Crippen LogP contribution < -0.4 is 10.6 Å².